The Bertz CT molecular complexity index is 243. The van der Waals surface area contributed by atoms with Crippen LogP contribution in [0.3, 0.4) is 0 Å². The molecule has 9 nitrogen and oxygen atoms in total. The summed E-state index contributed by atoms with van der Waals surface area (Å²) in [4.78, 5) is 21.8. The number of carboxylic acid groups (broad SMARTS) is 2. The summed E-state index contributed by atoms with van der Waals surface area (Å²) >= 11 is -5.69. The van der Waals surface area contributed by atoms with Crippen LogP contribution in [0.25, 0.3) is 0 Å². The molecule has 0 spiro atoms. The molecule has 1 aliphatic rings. The number of halogens is 1. The molecule has 1 rings (SSSR count). The molecule has 1 amide bonds. The van der Waals surface area contributed by atoms with E-state index in [9.17, 15) is 9.59 Å². The van der Waals surface area contributed by atoms with Crippen molar-refractivity contribution in [3.05, 3.63) is 0 Å². The van der Waals surface area contributed by atoms with Crippen molar-refractivity contribution in [2.75, 3.05) is 6.54 Å². The minimum atomic E-state index is -5.69. The normalized spacial score (nSPS) is 18.8. The third-order valence-corrected chi connectivity index (χ3v) is 1.78. The number of aliphatic carboxylic acids is 1. The molecule has 1 heterocycles. The van der Waals surface area contributed by atoms with Crippen molar-refractivity contribution in [1.82, 2.24) is 4.90 Å². The van der Waals surface area contributed by atoms with E-state index in [1.54, 1.807) is 0 Å². The Hall–Kier alpha value is 0.310. The number of likely N-dealkylation sites (tertiary alicyclic amines) is 1. The molecule has 0 saturated carbocycles. The number of hydrogen-bond acceptors (Lipinski definition) is 6. The van der Waals surface area contributed by atoms with Crippen LogP contribution in [0, 0.1) is 0 Å². The summed E-state index contributed by atoms with van der Waals surface area (Å²) in [6.45, 7) is 0.340. The molecule has 17 heavy (non-hydrogen) atoms. The van der Waals surface area contributed by atoms with Gasteiger partial charge in [-0.15, -0.1) is 0 Å². The second-order valence-corrected chi connectivity index (χ2v) is 5.13. The topological polar surface area (TPSA) is 167 Å². The SMILES string of the molecule is O=C(O)C1CCCN1C(=O)O.[NaH].[O-][I+3]([O-])([O-])O. The Balaban J connectivity index is 0. The molecule has 1 saturated heterocycles. The summed E-state index contributed by atoms with van der Waals surface area (Å²) < 4.78 is 33.2. The minimum Gasteiger partial charge on any atom is -0.256 e. The Morgan fingerprint density at radius 1 is 1.24 bits per heavy atom. The van der Waals surface area contributed by atoms with Crippen LogP contribution >= 0.6 is 0 Å². The zero-order valence-corrected chi connectivity index (χ0v) is 10.1. The molecule has 0 aromatic carbocycles. The second-order valence-electron chi connectivity index (χ2n) is 2.87. The number of carboxylic acids is 1. The Morgan fingerprint density at radius 2 is 1.65 bits per heavy atom. The van der Waals surface area contributed by atoms with Gasteiger partial charge in [0.15, 0.2) is 0 Å². The van der Waals surface area contributed by atoms with Crippen molar-refractivity contribution < 1.29 is 53.6 Å². The maximum Gasteiger partial charge on any atom is 0.368 e. The van der Waals surface area contributed by atoms with Gasteiger partial charge in [-0.3, -0.25) is 15.2 Å². The van der Waals surface area contributed by atoms with E-state index in [1.807, 2.05) is 0 Å². The van der Waals surface area contributed by atoms with Crippen LogP contribution in [0.15, 0.2) is 0 Å². The molecule has 0 aromatic heterocycles. The molecule has 0 aromatic rings. The predicted molar refractivity (Wildman–Crippen MR) is 44.8 cm³/mol. The first-order valence-electron chi connectivity index (χ1n) is 3.98. The maximum absolute atomic E-state index is 10.4. The largest absolute Gasteiger partial charge is 0.368 e. The monoisotopic (exact) mass is 375 g/mol. The zero-order valence-electron chi connectivity index (χ0n) is 7.91. The van der Waals surface area contributed by atoms with E-state index >= 15 is 0 Å². The smallest absolute Gasteiger partial charge is 0.256 e. The van der Waals surface area contributed by atoms with Gasteiger partial charge in [0.2, 0.25) is 0 Å². The van der Waals surface area contributed by atoms with Crippen molar-refractivity contribution in [3.63, 3.8) is 0 Å². The molecular weight excluding hydrogens is 364 g/mol. The molecular formula is C6H11INNaO8. The molecule has 0 aliphatic carbocycles. The van der Waals surface area contributed by atoms with Crippen LogP contribution in [0.1, 0.15) is 12.8 Å². The van der Waals surface area contributed by atoms with Gasteiger partial charge in [0.1, 0.15) is 6.04 Å². The van der Waals surface area contributed by atoms with E-state index in [0.717, 1.165) is 4.90 Å². The van der Waals surface area contributed by atoms with Crippen LogP contribution in [-0.2, 0) is 4.79 Å². The Morgan fingerprint density at radius 3 is 1.88 bits per heavy atom. The number of rotatable bonds is 1. The third kappa shape index (κ3) is 9.96. The minimum absolute atomic E-state index is 0. The number of hydrogen-bond donors (Lipinski definition) is 3. The summed E-state index contributed by atoms with van der Waals surface area (Å²) in [5.74, 6) is -1.05. The Labute approximate surface area is 125 Å². The van der Waals surface area contributed by atoms with Gasteiger partial charge in [0.25, 0.3) is 0 Å². The van der Waals surface area contributed by atoms with Crippen molar-refractivity contribution in [2.45, 2.75) is 18.9 Å². The van der Waals surface area contributed by atoms with Gasteiger partial charge in [0, 0.05) is 9.98 Å². The fraction of sp³-hybridized carbons (Fsp3) is 0.667. The van der Waals surface area contributed by atoms with Crippen LogP contribution in [0.5, 0.6) is 0 Å². The molecule has 1 fully saturated rings. The predicted octanol–water partition coefficient (Wildman–Crippen LogP) is -7.56. The van der Waals surface area contributed by atoms with E-state index in [2.05, 4.69) is 0 Å². The Kier molecular flexibility index (Phi) is 9.73. The van der Waals surface area contributed by atoms with E-state index in [0.29, 0.717) is 19.4 Å². The van der Waals surface area contributed by atoms with Crippen LogP contribution in [0.2, 0.25) is 0 Å². The first-order chi connectivity index (χ1) is 7.13. The molecule has 0 bridgehead atoms. The van der Waals surface area contributed by atoms with E-state index in [1.165, 1.54) is 0 Å². The zero-order chi connectivity index (χ0) is 12.9. The first kappa shape index (κ1) is 19.6. The summed E-state index contributed by atoms with van der Waals surface area (Å²) in [7, 11) is 0. The van der Waals surface area contributed by atoms with Gasteiger partial charge in [-0.25, -0.2) is 9.59 Å². The van der Waals surface area contributed by atoms with Crippen LogP contribution in [0.4, 0.5) is 4.79 Å². The number of carbonyl (C=O) groups is 2. The average molecular weight is 375 g/mol. The summed E-state index contributed by atoms with van der Waals surface area (Å²) in [6.07, 6.45) is -0.0693. The van der Waals surface area contributed by atoms with Gasteiger partial charge >= 0.3 is 61.7 Å². The number of amides is 1. The van der Waals surface area contributed by atoms with Gasteiger partial charge < -0.3 is 10.2 Å². The molecule has 0 radical (unpaired) electrons. The van der Waals surface area contributed by atoms with Crippen molar-refractivity contribution >= 4 is 41.6 Å². The molecule has 1 atom stereocenters. The second kappa shape index (κ2) is 8.42. The third-order valence-electron chi connectivity index (χ3n) is 1.78. The van der Waals surface area contributed by atoms with Gasteiger partial charge in [-0.05, 0) is 12.8 Å². The van der Waals surface area contributed by atoms with Gasteiger partial charge in [0.05, 0.1) is 0 Å². The van der Waals surface area contributed by atoms with Crippen molar-refractivity contribution in [3.8, 4) is 0 Å². The fourth-order valence-corrected chi connectivity index (χ4v) is 1.25. The molecule has 1 aliphatic heterocycles. The first-order valence-corrected chi connectivity index (χ1v) is 7.59. The van der Waals surface area contributed by atoms with Crippen LogP contribution in [-0.4, -0.2) is 72.8 Å². The summed E-state index contributed by atoms with van der Waals surface area (Å²) in [6, 6.07) is -0.826. The van der Waals surface area contributed by atoms with Crippen molar-refractivity contribution in [1.29, 1.82) is 0 Å². The fourth-order valence-electron chi connectivity index (χ4n) is 1.25. The van der Waals surface area contributed by atoms with Crippen LogP contribution < -0.4 is 30.4 Å². The standard InChI is InChI=1S/C6H9NO4.HIO4.Na.H/c8-5(9)4-2-1-3-7(4)6(10)11;2-1(3,4)5;;/h4H,1-3H2,(H,8,9)(H,10,11);2H;;. The average Bonchev–Trinajstić information content (AvgIpc) is 2.47. The van der Waals surface area contributed by atoms with Gasteiger partial charge in [-0.1, -0.05) is 0 Å². The maximum atomic E-state index is 10.4. The van der Waals surface area contributed by atoms with E-state index in [4.69, 9.17) is 24.0 Å². The summed E-state index contributed by atoms with van der Waals surface area (Å²) in [5, 5.41) is 17.0. The molecule has 96 valence electrons. The molecule has 3 N–H and O–H groups in total. The van der Waals surface area contributed by atoms with Crippen molar-refractivity contribution in [2.24, 2.45) is 0 Å². The quantitative estimate of drug-likeness (QED) is 0.300. The molecule has 1 unspecified atom stereocenters. The molecule has 11 heteroatoms. The van der Waals surface area contributed by atoms with E-state index < -0.39 is 38.2 Å². The number of nitrogens with zero attached hydrogens (tertiary/aromatic N) is 1. The summed E-state index contributed by atoms with van der Waals surface area (Å²) in [5.41, 5.74) is 0. The van der Waals surface area contributed by atoms with Gasteiger partial charge in [-0.2, -0.15) is 0 Å². The van der Waals surface area contributed by atoms with E-state index in [-0.39, 0.29) is 29.6 Å².